The zero-order chi connectivity index (χ0) is 23.4. The standard InChI is InChI=1S/C24H36F6O2/c1-3-16(2)32-21-12-18-9-19(13-21)11-20(10-18,15-21)22(23(25,26)27,24(28,29)30)31-14-17-7-5-4-6-8-17/h16-19H,3-15H2,1-2H3. The highest BCUT2D eigenvalue weighted by Crippen LogP contribution is 2.71. The lowest BCUT2D eigenvalue weighted by Crippen LogP contribution is -2.74. The molecule has 0 aromatic heterocycles. The van der Waals surface area contributed by atoms with Crippen molar-refractivity contribution < 1.29 is 35.8 Å². The predicted octanol–water partition coefficient (Wildman–Crippen LogP) is 7.60. The van der Waals surface area contributed by atoms with E-state index in [1.807, 2.05) is 13.8 Å². The van der Waals surface area contributed by atoms with E-state index in [4.69, 9.17) is 9.47 Å². The quantitative estimate of drug-likeness (QED) is 0.357. The molecule has 186 valence electrons. The Morgan fingerprint density at radius 1 is 0.875 bits per heavy atom. The molecule has 0 radical (unpaired) electrons. The number of rotatable bonds is 7. The van der Waals surface area contributed by atoms with Gasteiger partial charge in [-0.15, -0.1) is 0 Å². The van der Waals surface area contributed by atoms with E-state index in [-0.39, 0.29) is 43.1 Å². The van der Waals surface area contributed by atoms with Crippen LogP contribution in [0.1, 0.15) is 90.9 Å². The van der Waals surface area contributed by atoms with Crippen LogP contribution in [0.4, 0.5) is 26.3 Å². The van der Waals surface area contributed by atoms with Crippen molar-refractivity contribution in [3.05, 3.63) is 0 Å². The predicted molar refractivity (Wildman–Crippen MR) is 108 cm³/mol. The fourth-order valence-corrected chi connectivity index (χ4v) is 7.91. The average molecular weight is 471 g/mol. The lowest BCUT2D eigenvalue weighted by atomic mass is 9.43. The van der Waals surface area contributed by atoms with E-state index in [9.17, 15) is 26.3 Å². The van der Waals surface area contributed by atoms with Crippen molar-refractivity contribution >= 4 is 0 Å². The smallest absolute Gasteiger partial charge is 0.372 e. The van der Waals surface area contributed by atoms with Gasteiger partial charge in [0.25, 0.3) is 5.60 Å². The molecule has 4 bridgehead atoms. The minimum Gasteiger partial charge on any atom is -0.372 e. The molecule has 0 heterocycles. The molecule has 5 rings (SSSR count). The maximum atomic E-state index is 14.7. The van der Waals surface area contributed by atoms with Gasteiger partial charge < -0.3 is 9.47 Å². The van der Waals surface area contributed by atoms with Crippen LogP contribution >= 0.6 is 0 Å². The maximum Gasteiger partial charge on any atom is 0.427 e. The Hall–Kier alpha value is -0.500. The summed E-state index contributed by atoms with van der Waals surface area (Å²) in [4.78, 5) is 0. The van der Waals surface area contributed by atoms with Crippen molar-refractivity contribution in [1.29, 1.82) is 0 Å². The fraction of sp³-hybridized carbons (Fsp3) is 1.00. The summed E-state index contributed by atoms with van der Waals surface area (Å²) in [6.45, 7) is 3.30. The summed E-state index contributed by atoms with van der Waals surface area (Å²) in [5, 5.41) is 0. The van der Waals surface area contributed by atoms with Crippen LogP contribution in [0.2, 0.25) is 0 Å². The van der Waals surface area contributed by atoms with Gasteiger partial charge in [0, 0.05) is 5.41 Å². The Labute approximate surface area is 186 Å². The molecular weight excluding hydrogens is 434 g/mol. The summed E-state index contributed by atoms with van der Waals surface area (Å²) in [5.41, 5.74) is -7.06. The number of halogens is 6. The van der Waals surface area contributed by atoms with E-state index >= 15 is 0 Å². The Morgan fingerprint density at radius 3 is 1.94 bits per heavy atom. The molecule has 0 aromatic rings. The summed E-state index contributed by atoms with van der Waals surface area (Å²) in [5.74, 6) is -0.600. The van der Waals surface area contributed by atoms with Crippen molar-refractivity contribution in [2.24, 2.45) is 23.2 Å². The first-order chi connectivity index (χ1) is 14.9. The van der Waals surface area contributed by atoms with Crippen LogP contribution in [0.25, 0.3) is 0 Å². The van der Waals surface area contributed by atoms with Crippen LogP contribution in [0, 0.1) is 23.2 Å². The molecule has 2 nitrogen and oxygen atoms in total. The van der Waals surface area contributed by atoms with Crippen LogP contribution in [-0.4, -0.2) is 36.3 Å². The van der Waals surface area contributed by atoms with E-state index < -0.39 is 35.6 Å². The lowest BCUT2D eigenvalue weighted by Gasteiger charge is -2.66. The highest BCUT2D eigenvalue weighted by Gasteiger charge is 2.83. The van der Waals surface area contributed by atoms with Crippen molar-refractivity contribution in [3.8, 4) is 0 Å². The first-order valence-corrected chi connectivity index (χ1v) is 12.3. The Kier molecular flexibility index (Phi) is 6.40. The normalized spacial score (nSPS) is 37.1. The molecule has 5 aliphatic carbocycles. The summed E-state index contributed by atoms with van der Waals surface area (Å²) >= 11 is 0. The van der Waals surface area contributed by atoms with Gasteiger partial charge in [-0.05, 0) is 82.5 Å². The zero-order valence-electron chi connectivity index (χ0n) is 19.1. The second-order valence-corrected chi connectivity index (χ2v) is 11.3. The van der Waals surface area contributed by atoms with Gasteiger partial charge in [-0.3, -0.25) is 0 Å². The largest absolute Gasteiger partial charge is 0.427 e. The van der Waals surface area contributed by atoms with Gasteiger partial charge in [0.15, 0.2) is 0 Å². The van der Waals surface area contributed by atoms with Gasteiger partial charge in [-0.25, -0.2) is 0 Å². The van der Waals surface area contributed by atoms with Crippen LogP contribution in [0.15, 0.2) is 0 Å². The molecule has 3 atom stereocenters. The summed E-state index contributed by atoms with van der Waals surface area (Å²) < 4.78 is 99.7. The van der Waals surface area contributed by atoms with Crippen LogP contribution in [-0.2, 0) is 9.47 Å². The molecule has 3 unspecified atom stereocenters. The van der Waals surface area contributed by atoms with Crippen LogP contribution in [0.5, 0.6) is 0 Å². The molecule has 0 amide bonds. The van der Waals surface area contributed by atoms with Crippen molar-refractivity contribution in [3.63, 3.8) is 0 Å². The lowest BCUT2D eigenvalue weighted by molar-refractivity contribution is -0.436. The summed E-state index contributed by atoms with van der Waals surface area (Å²) in [7, 11) is 0. The van der Waals surface area contributed by atoms with Crippen molar-refractivity contribution in [2.45, 2.75) is 121 Å². The van der Waals surface area contributed by atoms with Gasteiger partial charge in [0.1, 0.15) is 0 Å². The summed E-state index contributed by atoms with van der Waals surface area (Å²) in [6, 6.07) is 0. The first kappa shape index (κ1) is 24.6. The molecule has 8 heteroatoms. The molecule has 0 aliphatic heterocycles. The molecule has 32 heavy (non-hydrogen) atoms. The van der Waals surface area contributed by atoms with Gasteiger partial charge in [-0.2, -0.15) is 26.3 Å². The monoisotopic (exact) mass is 470 g/mol. The topological polar surface area (TPSA) is 18.5 Å². The van der Waals surface area contributed by atoms with Gasteiger partial charge in [0.05, 0.1) is 18.3 Å². The molecule has 5 aliphatic rings. The van der Waals surface area contributed by atoms with E-state index in [0.29, 0.717) is 38.5 Å². The third-order valence-electron chi connectivity index (χ3n) is 8.84. The van der Waals surface area contributed by atoms with Crippen molar-refractivity contribution in [2.75, 3.05) is 6.61 Å². The molecule has 0 aromatic carbocycles. The third-order valence-corrected chi connectivity index (χ3v) is 8.84. The van der Waals surface area contributed by atoms with Gasteiger partial charge in [-0.1, -0.05) is 26.2 Å². The van der Waals surface area contributed by atoms with Crippen molar-refractivity contribution in [1.82, 2.24) is 0 Å². The number of alkyl halides is 6. The fourth-order valence-electron chi connectivity index (χ4n) is 7.91. The number of ether oxygens (including phenoxy) is 2. The minimum absolute atomic E-state index is 0.0845. The Morgan fingerprint density at radius 2 is 1.44 bits per heavy atom. The minimum atomic E-state index is -5.54. The molecule has 5 saturated carbocycles. The van der Waals surface area contributed by atoms with Gasteiger partial charge in [0.2, 0.25) is 0 Å². The molecule has 5 fully saturated rings. The average Bonchev–Trinajstić information content (AvgIpc) is 2.65. The Bertz CT molecular complexity index is 638. The van der Waals surface area contributed by atoms with E-state index in [2.05, 4.69) is 0 Å². The third kappa shape index (κ3) is 3.99. The van der Waals surface area contributed by atoms with Crippen LogP contribution < -0.4 is 0 Å². The molecular formula is C24H36F6O2. The summed E-state index contributed by atoms with van der Waals surface area (Å²) in [6.07, 6.45) is -5.27. The van der Waals surface area contributed by atoms with Gasteiger partial charge >= 0.3 is 12.4 Å². The van der Waals surface area contributed by atoms with Crippen LogP contribution in [0.3, 0.4) is 0 Å². The van der Waals surface area contributed by atoms with E-state index in [0.717, 1.165) is 19.3 Å². The number of hydrogen-bond donors (Lipinski definition) is 0. The SMILES string of the molecule is CCC(C)OC12CC3CC(C1)CC(C(OCC1CCCCC1)(C(F)(F)F)C(F)(F)F)(C3)C2. The highest BCUT2D eigenvalue weighted by atomic mass is 19.4. The zero-order valence-corrected chi connectivity index (χ0v) is 19.1. The second-order valence-electron chi connectivity index (χ2n) is 11.3. The van der Waals surface area contributed by atoms with E-state index in [1.54, 1.807) is 0 Å². The van der Waals surface area contributed by atoms with E-state index in [1.165, 1.54) is 0 Å². The maximum absolute atomic E-state index is 14.7. The Balaban J connectivity index is 1.74. The first-order valence-electron chi connectivity index (χ1n) is 12.3. The second kappa shape index (κ2) is 8.31. The molecule has 0 saturated heterocycles. The highest BCUT2D eigenvalue weighted by molar-refractivity contribution is 5.20. The number of hydrogen-bond acceptors (Lipinski definition) is 2. The molecule has 0 spiro atoms. The molecule has 0 N–H and O–H groups in total.